The summed E-state index contributed by atoms with van der Waals surface area (Å²) in [7, 11) is 1.63. The average Bonchev–Trinajstić information content (AvgIpc) is 2.95. The van der Waals surface area contributed by atoms with Crippen LogP contribution in [0.25, 0.3) is 0 Å². The summed E-state index contributed by atoms with van der Waals surface area (Å²) in [6.07, 6.45) is 0.253. The fourth-order valence-electron chi connectivity index (χ4n) is 2.25. The number of amides is 1. The van der Waals surface area contributed by atoms with Crippen LogP contribution in [0.15, 0.2) is 29.6 Å². The van der Waals surface area contributed by atoms with Gasteiger partial charge in [-0.2, -0.15) is 0 Å². The SMILES string of the molecule is COc1ccc(C(C)(C)NC(=O)Cc2csc(C(C)N)n2)cc1. The van der Waals surface area contributed by atoms with Crippen LogP contribution in [-0.2, 0) is 16.8 Å². The van der Waals surface area contributed by atoms with Gasteiger partial charge in [0.1, 0.15) is 10.8 Å². The molecule has 2 aromatic rings. The summed E-state index contributed by atoms with van der Waals surface area (Å²) in [5, 5.41) is 5.79. The minimum absolute atomic E-state index is 0.0626. The number of aromatic nitrogens is 1. The van der Waals surface area contributed by atoms with Crippen molar-refractivity contribution in [3.63, 3.8) is 0 Å². The van der Waals surface area contributed by atoms with Crippen molar-refractivity contribution < 1.29 is 9.53 Å². The zero-order chi connectivity index (χ0) is 17.0. The first-order valence-corrected chi connectivity index (χ1v) is 8.35. The molecular formula is C17H23N3O2S. The van der Waals surface area contributed by atoms with Crippen molar-refractivity contribution in [3.8, 4) is 5.75 Å². The molecule has 1 atom stereocenters. The first-order chi connectivity index (χ1) is 10.8. The Kier molecular flexibility index (Phi) is 5.38. The topological polar surface area (TPSA) is 77.2 Å². The number of carbonyl (C=O) groups is 1. The molecule has 2 rings (SSSR count). The van der Waals surface area contributed by atoms with Gasteiger partial charge in [-0.3, -0.25) is 4.79 Å². The van der Waals surface area contributed by atoms with E-state index in [4.69, 9.17) is 10.5 Å². The van der Waals surface area contributed by atoms with Crippen LogP contribution in [0.3, 0.4) is 0 Å². The molecule has 1 aromatic carbocycles. The molecule has 5 nitrogen and oxygen atoms in total. The van der Waals surface area contributed by atoms with Gasteiger partial charge < -0.3 is 15.8 Å². The van der Waals surface area contributed by atoms with Gasteiger partial charge in [0.2, 0.25) is 5.91 Å². The largest absolute Gasteiger partial charge is 0.497 e. The summed E-state index contributed by atoms with van der Waals surface area (Å²) in [6, 6.07) is 7.58. The monoisotopic (exact) mass is 333 g/mol. The predicted molar refractivity (Wildman–Crippen MR) is 92.6 cm³/mol. The van der Waals surface area contributed by atoms with E-state index in [1.54, 1.807) is 7.11 Å². The molecule has 23 heavy (non-hydrogen) atoms. The Balaban J connectivity index is 2.01. The Morgan fingerprint density at radius 2 is 2.04 bits per heavy atom. The van der Waals surface area contributed by atoms with E-state index in [0.717, 1.165) is 22.0 Å². The maximum atomic E-state index is 12.3. The Morgan fingerprint density at radius 3 is 2.57 bits per heavy atom. The summed E-state index contributed by atoms with van der Waals surface area (Å²) in [6.45, 7) is 5.83. The molecule has 0 saturated heterocycles. The van der Waals surface area contributed by atoms with Crippen LogP contribution in [0.5, 0.6) is 5.75 Å². The molecule has 1 unspecified atom stereocenters. The Morgan fingerprint density at radius 1 is 1.39 bits per heavy atom. The third kappa shape index (κ3) is 4.53. The lowest BCUT2D eigenvalue weighted by Gasteiger charge is -2.27. The first kappa shape index (κ1) is 17.4. The molecule has 0 aliphatic rings. The Labute approximate surface area is 140 Å². The van der Waals surface area contributed by atoms with E-state index in [1.807, 2.05) is 50.4 Å². The lowest BCUT2D eigenvalue weighted by atomic mass is 9.94. The molecule has 1 amide bonds. The maximum Gasteiger partial charge on any atom is 0.226 e. The molecule has 0 radical (unpaired) electrons. The van der Waals surface area contributed by atoms with Gasteiger partial charge in [-0.1, -0.05) is 12.1 Å². The van der Waals surface area contributed by atoms with Gasteiger partial charge in [0.15, 0.2) is 0 Å². The second-order valence-electron chi connectivity index (χ2n) is 6.04. The molecule has 6 heteroatoms. The second-order valence-corrected chi connectivity index (χ2v) is 6.93. The van der Waals surface area contributed by atoms with Crippen LogP contribution in [0.1, 0.15) is 43.1 Å². The van der Waals surface area contributed by atoms with E-state index >= 15 is 0 Å². The number of hydrogen-bond acceptors (Lipinski definition) is 5. The Bertz CT molecular complexity index is 663. The van der Waals surface area contributed by atoms with Crippen molar-refractivity contribution in [1.82, 2.24) is 10.3 Å². The van der Waals surface area contributed by atoms with Gasteiger partial charge in [0, 0.05) is 5.38 Å². The maximum absolute atomic E-state index is 12.3. The first-order valence-electron chi connectivity index (χ1n) is 7.47. The zero-order valence-corrected chi connectivity index (χ0v) is 14.7. The van der Waals surface area contributed by atoms with Crippen molar-refractivity contribution in [2.45, 2.75) is 38.8 Å². The zero-order valence-electron chi connectivity index (χ0n) is 13.9. The van der Waals surface area contributed by atoms with Crippen molar-refractivity contribution >= 4 is 17.2 Å². The number of thiazole rings is 1. The Hall–Kier alpha value is -1.92. The second kappa shape index (κ2) is 7.10. The summed E-state index contributed by atoms with van der Waals surface area (Å²) >= 11 is 1.49. The van der Waals surface area contributed by atoms with Crippen molar-refractivity contribution in [2.24, 2.45) is 5.73 Å². The summed E-state index contributed by atoms with van der Waals surface area (Å²) in [5.74, 6) is 0.731. The molecule has 0 fully saturated rings. The summed E-state index contributed by atoms with van der Waals surface area (Å²) in [4.78, 5) is 16.7. The fourth-order valence-corrected chi connectivity index (χ4v) is 3.03. The number of methoxy groups -OCH3 is 1. The highest BCUT2D eigenvalue weighted by Crippen LogP contribution is 2.23. The molecule has 0 saturated carbocycles. The van der Waals surface area contributed by atoms with Crippen LogP contribution in [0, 0.1) is 0 Å². The lowest BCUT2D eigenvalue weighted by molar-refractivity contribution is -0.122. The smallest absolute Gasteiger partial charge is 0.226 e. The molecular weight excluding hydrogens is 310 g/mol. The average molecular weight is 333 g/mol. The van der Waals surface area contributed by atoms with Crippen LogP contribution in [0.2, 0.25) is 0 Å². The molecule has 0 spiro atoms. The molecule has 0 aliphatic heterocycles. The quantitative estimate of drug-likeness (QED) is 0.852. The van der Waals surface area contributed by atoms with E-state index in [2.05, 4.69) is 10.3 Å². The van der Waals surface area contributed by atoms with Gasteiger partial charge in [-0.25, -0.2) is 4.98 Å². The number of nitrogens with zero attached hydrogens (tertiary/aromatic N) is 1. The number of ether oxygens (including phenoxy) is 1. The molecule has 3 N–H and O–H groups in total. The van der Waals surface area contributed by atoms with Gasteiger partial charge in [-0.15, -0.1) is 11.3 Å². The third-order valence-electron chi connectivity index (χ3n) is 3.56. The van der Waals surface area contributed by atoms with E-state index < -0.39 is 5.54 Å². The van der Waals surface area contributed by atoms with Crippen molar-refractivity contribution in [3.05, 3.63) is 45.9 Å². The summed E-state index contributed by atoms with van der Waals surface area (Å²) in [5.41, 5.74) is 7.10. The fraction of sp³-hybridized carbons (Fsp3) is 0.412. The number of benzene rings is 1. The van der Waals surface area contributed by atoms with E-state index in [1.165, 1.54) is 11.3 Å². The molecule has 0 aliphatic carbocycles. The minimum atomic E-state index is -0.469. The number of nitrogens with two attached hydrogens (primary N) is 1. The lowest BCUT2D eigenvalue weighted by Crippen LogP contribution is -2.41. The predicted octanol–water partition coefficient (Wildman–Crippen LogP) is 2.77. The van der Waals surface area contributed by atoms with Crippen LogP contribution in [-0.4, -0.2) is 18.0 Å². The van der Waals surface area contributed by atoms with Crippen molar-refractivity contribution in [2.75, 3.05) is 7.11 Å². The minimum Gasteiger partial charge on any atom is -0.497 e. The van der Waals surface area contributed by atoms with Crippen LogP contribution in [0.4, 0.5) is 0 Å². The summed E-state index contributed by atoms with van der Waals surface area (Å²) < 4.78 is 5.16. The number of nitrogens with one attached hydrogen (secondary N) is 1. The molecule has 124 valence electrons. The molecule has 0 bridgehead atoms. The van der Waals surface area contributed by atoms with Crippen LogP contribution >= 0.6 is 11.3 Å². The third-order valence-corrected chi connectivity index (χ3v) is 4.66. The van der Waals surface area contributed by atoms with Gasteiger partial charge in [-0.05, 0) is 38.5 Å². The van der Waals surface area contributed by atoms with Gasteiger partial charge in [0.05, 0.1) is 30.8 Å². The van der Waals surface area contributed by atoms with Crippen LogP contribution < -0.4 is 15.8 Å². The number of rotatable bonds is 6. The highest BCUT2D eigenvalue weighted by atomic mass is 32.1. The highest BCUT2D eigenvalue weighted by Gasteiger charge is 2.23. The van der Waals surface area contributed by atoms with Gasteiger partial charge in [0.25, 0.3) is 0 Å². The molecule has 1 heterocycles. The molecule has 1 aromatic heterocycles. The number of hydrogen-bond donors (Lipinski definition) is 2. The van der Waals surface area contributed by atoms with E-state index in [0.29, 0.717) is 0 Å². The normalized spacial score (nSPS) is 12.7. The van der Waals surface area contributed by atoms with E-state index in [9.17, 15) is 4.79 Å². The van der Waals surface area contributed by atoms with Gasteiger partial charge >= 0.3 is 0 Å². The van der Waals surface area contributed by atoms with Crippen molar-refractivity contribution in [1.29, 1.82) is 0 Å². The standard InChI is InChI=1S/C17H23N3O2S/c1-11(18)16-19-13(10-23-16)9-15(21)20-17(2,3)12-5-7-14(22-4)8-6-12/h5-8,10-11H,9,18H2,1-4H3,(H,20,21). The number of carbonyl (C=O) groups excluding carboxylic acids is 1. The highest BCUT2D eigenvalue weighted by molar-refractivity contribution is 7.09. The van der Waals surface area contributed by atoms with E-state index in [-0.39, 0.29) is 18.4 Å².